The van der Waals surface area contributed by atoms with Gasteiger partial charge in [0.05, 0.1) is 5.92 Å². The van der Waals surface area contributed by atoms with Crippen molar-refractivity contribution in [3.05, 3.63) is 101 Å². The third-order valence-corrected chi connectivity index (χ3v) is 6.79. The van der Waals surface area contributed by atoms with Crippen LogP contribution in [0.1, 0.15) is 31.1 Å². The van der Waals surface area contributed by atoms with Crippen LogP contribution < -0.4 is 4.74 Å². The second kappa shape index (κ2) is 10.1. The number of ether oxygens (including phenoxy) is 2. The molecule has 0 bridgehead atoms. The van der Waals surface area contributed by atoms with Crippen LogP contribution in [0.5, 0.6) is 11.5 Å². The van der Waals surface area contributed by atoms with Crippen molar-refractivity contribution in [3.63, 3.8) is 0 Å². The number of hydrogen-bond donors (Lipinski definition) is 0. The van der Waals surface area contributed by atoms with E-state index in [0.717, 1.165) is 5.56 Å². The van der Waals surface area contributed by atoms with E-state index >= 15 is 0 Å². The lowest BCUT2D eigenvalue weighted by Gasteiger charge is -2.14. The number of carbonyl (C=O) groups excluding carboxylic acids is 1. The first-order valence-electron chi connectivity index (χ1n) is 11.0. The number of para-hydroxylation sites is 1. The van der Waals surface area contributed by atoms with Gasteiger partial charge in [-0.25, -0.2) is 4.39 Å². The van der Waals surface area contributed by atoms with E-state index in [-0.39, 0.29) is 11.7 Å². The number of hydrogen-bond acceptors (Lipinski definition) is 4. The second-order valence-corrected chi connectivity index (χ2v) is 9.74. The normalized spacial score (nSPS) is 19.4. The lowest BCUT2D eigenvalue weighted by Crippen LogP contribution is -2.14. The van der Waals surface area contributed by atoms with E-state index < -0.39 is 29.2 Å². The molecule has 35 heavy (non-hydrogen) atoms. The number of allylic oxidation sites excluding steroid dienone is 1. The molecule has 7 heteroatoms. The molecule has 0 aliphatic heterocycles. The summed E-state index contributed by atoms with van der Waals surface area (Å²) in [6.07, 6.45) is 0.621. The molecule has 3 atom stereocenters. The quantitative estimate of drug-likeness (QED) is 0.303. The Morgan fingerprint density at radius 1 is 1.11 bits per heavy atom. The van der Waals surface area contributed by atoms with Crippen LogP contribution in [0.25, 0.3) is 5.03 Å². The van der Waals surface area contributed by atoms with Gasteiger partial charge in [0, 0.05) is 15.6 Å². The van der Waals surface area contributed by atoms with E-state index in [4.69, 9.17) is 32.7 Å². The van der Waals surface area contributed by atoms with E-state index in [2.05, 4.69) is 0 Å². The molecule has 0 aromatic heterocycles. The smallest absolute Gasteiger partial charge is 0.311 e. The van der Waals surface area contributed by atoms with E-state index in [1.807, 2.05) is 32.1 Å². The third kappa shape index (κ3) is 5.51. The monoisotopic (exact) mass is 509 g/mol. The zero-order valence-corrected chi connectivity index (χ0v) is 20.6. The molecule has 4 rings (SSSR count). The fourth-order valence-electron chi connectivity index (χ4n) is 4.04. The average Bonchev–Trinajstić information content (AvgIpc) is 3.39. The van der Waals surface area contributed by atoms with Crippen molar-refractivity contribution in [2.45, 2.75) is 20.0 Å². The Morgan fingerprint density at radius 3 is 2.46 bits per heavy atom. The molecule has 1 fully saturated rings. The van der Waals surface area contributed by atoms with Crippen LogP contribution in [-0.2, 0) is 9.53 Å². The molecule has 3 aromatic rings. The third-order valence-electron chi connectivity index (χ3n) is 6.19. The van der Waals surface area contributed by atoms with E-state index in [1.165, 1.54) is 18.2 Å². The van der Waals surface area contributed by atoms with Gasteiger partial charge < -0.3 is 9.47 Å². The number of halogens is 3. The van der Waals surface area contributed by atoms with Gasteiger partial charge in [0.2, 0.25) is 6.10 Å². The maximum Gasteiger partial charge on any atom is 0.311 e. The Morgan fingerprint density at radius 2 is 1.80 bits per heavy atom. The van der Waals surface area contributed by atoms with Crippen LogP contribution in [0.15, 0.2) is 78.9 Å². The highest BCUT2D eigenvalue weighted by Gasteiger charge is 2.62. The van der Waals surface area contributed by atoms with Crippen molar-refractivity contribution in [1.82, 2.24) is 0 Å². The summed E-state index contributed by atoms with van der Waals surface area (Å²) in [4.78, 5) is 13.0. The molecule has 0 heterocycles. The fourth-order valence-corrected chi connectivity index (χ4v) is 4.42. The minimum atomic E-state index is -1.21. The number of benzene rings is 3. The summed E-state index contributed by atoms with van der Waals surface area (Å²) in [7, 11) is 0. The predicted octanol–water partition coefficient (Wildman–Crippen LogP) is 7.93. The molecule has 0 radical (unpaired) electrons. The van der Waals surface area contributed by atoms with Gasteiger partial charge in [-0.2, -0.15) is 5.26 Å². The van der Waals surface area contributed by atoms with Crippen LogP contribution in [0.3, 0.4) is 0 Å². The Labute approximate surface area is 213 Å². The first kappa shape index (κ1) is 24.8. The summed E-state index contributed by atoms with van der Waals surface area (Å²) in [6, 6.07) is 21.7. The fraction of sp³-hybridized carbons (Fsp3) is 0.214. The molecule has 0 saturated heterocycles. The van der Waals surface area contributed by atoms with Crippen molar-refractivity contribution in [3.8, 4) is 17.6 Å². The molecule has 1 saturated carbocycles. The summed E-state index contributed by atoms with van der Waals surface area (Å²) in [5.74, 6) is -1.36. The largest absolute Gasteiger partial charge is 0.454 e. The number of nitrogens with zero attached hydrogens (tertiary/aromatic N) is 1. The predicted molar refractivity (Wildman–Crippen MR) is 133 cm³/mol. The SMILES string of the molecule is CC1(C)[C@H](/C=C(/Cl)c2ccc(Cl)cc2)[C@H]1C(=O)OC(C#N)c1ccc(F)c(Oc2ccccc2)c1. The second-order valence-electron chi connectivity index (χ2n) is 8.90. The summed E-state index contributed by atoms with van der Waals surface area (Å²) < 4.78 is 25.5. The minimum absolute atomic E-state index is 0.0627. The lowest BCUT2D eigenvalue weighted by atomic mass is 10.1. The van der Waals surface area contributed by atoms with E-state index in [9.17, 15) is 14.4 Å². The van der Waals surface area contributed by atoms with Gasteiger partial charge in [-0.3, -0.25) is 4.79 Å². The number of rotatable bonds is 7. The van der Waals surface area contributed by atoms with E-state index in [0.29, 0.717) is 21.4 Å². The van der Waals surface area contributed by atoms with Gasteiger partial charge >= 0.3 is 5.97 Å². The van der Waals surface area contributed by atoms with Gasteiger partial charge in [-0.15, -0.1) is 0 Å². The van der Waals surface area contributed by atoms with Crippen molar-refractivity contribution in [2.24, 2.45) is 17.3 Å². The van der Waals surface area contributed by atoms with Crippen molar-refractivity contribution < 1.29 is 18.7 Å². The minimum Gasteiger partial charge on any atom is -0.454 e. The zero-order valence-electron chi connectivity index (χ0n) is 19.0. The van der Waals surface area contributed by atoms with Crippen LogP contribution >= 0.6 is 23.2 Å². The topological polar surface area (TPSA) is 59.3 Å². The molecule has 3 aromatic carbocycles. The van der Waals surface area contributed by atoms with E-state index in [1.54, 1.807) is 48.5 Å². The van der Waals surface area contributed by atoms with Gasteiger partial charge in [-0.1, -0.05) is 79.5 Å². The standard InChI is InChI=1S/C28H22Cl2FNO3/c1-28(2)21(15-22(30)17-8-11-19(29)12-9-17)26(28)27(33)35-25(16-32)18-10-13-23(31)24(14-18)34-20-6-4-3-5-7-20/h3-15,21,25-26H,1-2H3/b22-15+/t21-,25?,26+/m1/s1. The molecule has 1 unspecified atom stereocenters. The Hall–Kier alpha value is -3.33. The van der Waals surface area contributed by atoms with Crippen molar-refractivity contribution >= 4 is 34.2 Å². The molecule has 0 amide bonds. The van der Waals surface area contributed by atoms with Crippen LogP contribution in [-0.4, -0.2) is 5.97 Å². The van der Waals surface area contributed by atoms with Crippen LogP contribution in [0.2, 0.25) is 5.02 Å². The lowest BCUT2D eigenvalue weighted by molar-refractivity contribution is -0.149. The Balaban J connectivity index is 1.49. The van der Waals surface area contributed by atoms with Crippen molar-refractivity contribution in [2.75, 3.05) is 0 Å². The molecule has 1 aliphatic carbocycles. The maximum absolute atomic E-state index is 14.3. The molecule has 178 valence electrons. The summed E-state index contributed by atoms with van der Waals surface area (Å²) in [6.45, 7) is 3.88. The molecular formula is C28H22Cl2FNO3. The molecule has 0 spiro atoms. The maximum atomic E-state index is 14.3. The highest BCUT2D eigenvalue weighted by molar-refractivity contribution is 6.48. The zero-order chi connectivity index (χ0) is 25.2. The van der Waals surface area contributed by atoms with Gasteiger partial charge in [0.25, 0.3) is 0 Å². The first-order valence-corrected chi connectivity index (χ1v) is 11.7. The van der Waals surface area contributed by atoms with Crippen LogP contribution in [0, 0.1) is 34.4 Å². The summed E-state index contributed by atoms with van der Waals surface area (Å²) in [5, 5.41) is 10.8. The molecule has 1 aliphatic rings. The first-order chi connectivity index (χ1) is 16.7. The summed E-state index contributed by atoms with van der Waals surface area (Å²) >= 11 is 12.4. The van der Waals surface area contributed by atoms with Crippen LogP contribution in [0.4, 0.5) is 4.39 Å². The molecule has 0 N–H and O–H groups in total. The number of carbonyl (C=O) groups is 1. The highest BCUT2D eigenvalue weighted by atomic mass is 35.5. The number of nitriles is 1. The van der Waals surface area contributed by atoms with Gasteiger partial charge in [0.1, 0.15) is 11.8 Å². The number of esters is 1. The highest BCUT2D eigenvalue weighted by Crippen LogP contribution is 2.60. The van der Waals surface area contributed by atoms with Gasteiger partial charge in [0.15, 0.2) is 11.6 Å². The van der Waals surface area contributed by atoms with Gasteiger partial charge in [-0.05, 0) is 53.3 Å². The average molecular weight is 510 g/mol. The Bertz CT molecular complexity index is 1300. The Kier molecular flexibility index (Phi) is 7.16. The molecular weight excluding hydrogens is 488 g/mol. The molecule has 4 nitrogen and oxygen atoms in total. The van der Waals surface area contributed by atoms with Crippen molar-refractivity contribution in [1.29, 1.82) is 5.26 Å². The summed E-state index contributed by atoms with van der Waals surface area (Å²) in [5.41, 5.74) is 0.713.